The van der Waals surface area contributed by atoms with Crippen molar-refractivity contribution in [2.45, 2.75) is 38.3 Å². The molecule has 1 atom stereocenters. The Balaban J connectivity index is 2.20. The average molecular weight is 248 g/mol. The number of carbonyl (C=O) groups excluding carboxylic acids is 1. The van der Waals surface area contributed by atoms with Crippen LogP contribution >= 0.6 is 0 Å². The molecule has 1 amide bonds. The molecule has 0 heterocycles. The Morgan fingerprint density at radius 1 is 1.56 bits per heavy atom. The smallest absolute Gasteiger partial charge is 0.243 e. The second-order valence-corrected chi connectivity index (χ2v) is 5.02. The number of amides is 1. The molecule has 98 valence electrons. The second-order valence-electron chi connectivity index (χ2n) is 5.02. The van der Waals surface area contributed by atoms with Crippen LogP contribution in [0.4, 0.5) is 0 Å². The number of hydrogen-bond acceptors (Lipinski definition) is 3. The Morgan fingerprint density at radius 2 is 2.22 bits per heavy atom. The molecule has 1 aromatic rings. The lowest BCUT2D eigenvalue weighted by Crippen LogP contribution is -2.46. The predicted molar refractivity (Wildman–Crippen MR) is 70.1 cm³/mol. The van der Waals surface area contributed by atoms with Gasteiger partial charge in [0.05, 0.1) is 11.6 Å². The van der Waals surface area contributed by atoms with Crippen molar-refractivity contribution in [2.75, 3.05) is 6.54 Å². The SMILES string of the molecule is CCN(C(=O)C1(N)CC1)C(C)c1cccc(O)c1. The maximum Gasteiger partial charge on any atom is 0.243 e. The summed E-state index contributed by atoms with van der Waals surface area (Å²) < 4.78 is 0. The molecule has 1 fully saturated rings. The molecule has 4 heteroatoms. The highest BCUT2D eigenvalue weighted by molar-refractivity contribution is 5.89. The summed E-state index contributed by atoms with van der Waals surface area (Å²) in [6.07, 6.45) is 1.55. The minimum Gasteiger partial charge on any atom is -0.508 e. The highest BCUT2D eigenvalue weighted by atomic mass is 16.3. The summed E-state index contributed by atoms with van der Waals surface area (Å²) in [4.78, 5) is 14.1. The van der Waals surface area contributed by atoms with Gasteiger partial charge in [0.25, 0.3) is 0 Å². The van der Waals surface area contributed by atoms with Gasteiger partial charge in [0.1, 0.15) is 5.75 Å². The molecule has 0 spiro atoms. The van der Waals surface area contributed by atoms with Crippen molar-refractivity contribution in [1.82, 2.24) is 4.90 Å². The van der Waals surface area contributed by atoms with Crippen molar-refractivity contribution in [3.8, 4) is 5.75 Å². The molecule has 1 aliphatic carbocycles. The summed E-state index contributed by atoms with van der Waals surface area (Å²) in [5, 5.41) is 9.50. The van der Waals surface area contributed by atoms with Gasteiger partial charge in [-0.05, 0) is 44.4 Å². The number of nitrogens with zero attached hydrogens (tertiary/aromatic N) is 1. The second kappa shape index (κ2) is 4.61. The molecule has 1 unspecified atom stereocenters. The third-order valence-electron chi connectivity index (χ3n) is 3.64. The monoisotopic (exact) mass is 248 g/mol. The number of benzene rings is 1. The van der Waals surface area contributed by atoms with E-state index in [1.54, 1.807) is 23.1 Å². The van der Waals surface area contributed by atoms with Gasteiger partial charge in [-0.3, -0.25) is 4.79 Å². The molecule has 1 aliphatic rings. The van der Waals surface area contributed by atoms with Crippen molar-refractivity contribution < 1.29 is 9.90 Å². The van der Waals surface area contributed by atoms with E-state index in [0.717, 1.165) is 18.4 Å². The number of phenols is 1. The van der Waals surface area contributed by atoms with Crippen molar-refractivity contribution in [1.29, 1.82) is 0 Å². The van der Waals surface area contributed by atoms with Crippen LogP contribution in [0.25, 0.3) is 0 Å². The van der Waals surface area contributed by atoms with E-state index in [9.17, 15) is 9.90 Å². The van der Waals surface area contributed by atoms with Gasteiger partial charge >= 0.3 is 0 Å². The Kier molecular flexibility index (Phi) is 3.30. The van der Waals surface area contributed by atoms with Crippen molar-refractivity contribution in [3.63, 3.8) is 0 Å². The highest BCUT2D eigenvalue weighted by Gasteiger charge is 2.48. The zero-order chi connectivity index (χ0) is 13.3. The molecular formula is C14H20N2O2. The third-order valence-corrected chi connectivity index (χ3v) is 3.64. The first-order valence-corrected chi connectivity index (χ1v) is 6.37. The van der Waals surface area contributed by atoms with Gasteiger partial charge < -0.3 is 15.7 Å². The number of likely N-dealkylation sites (N-methyl/N-ethyl adjacent to an activating group) is 1. The van der Waals surface area contributed by atoms with Crippen LogP contribution in [0.3, 0.4) is 0 Å². The van der Waals surface area contributed by atoms with E-state index in [-0.39, 0.29) is 17.7 Å². The van der Waals surface area contributed by atoms with Crippen LogP contribution < -0.4 is 5.73 Å². The molecule has 0 bridgehead atoms. The highest BCUT2D eigenvalue weighted by Crippen LogP contribution is 2.36. The quantitative estimate of drug-likeness (QED) is 0.853. The van der Waals surface area contributed by atoms with Gasteiger partial charge in [-0.1, -0.05) is 12.1 Å². The molecule has 4 nitrogen and oxygen atoms in total. The van der Waals surface area contributed by atoms with Gasteiger partial charge in [-0.2, -0.15) is 0 Å². The zero-order valence-electron chi connectivity index (χ0n) is 10.9. The average Bonchev–Trinajstić information content (AvgIpc) is 3.09. The lowest BCUT2D eigenvalue weighted by molar-refractivity contribution is -0.135. The van der Waals surface area contributed by atoms with E-state index in [4.69, 9.17) is 5.73 Å². The van der Waals surface area contributed by atoms with Crippen molar-refractivity contribution in [3.05, 3.63) is 29.8 Å². The Labute approximate surface area is 107 Å². The fraction of sp³-hybridized carbons (Fsp3) is 0.500. The van der Waals surface area contributed by atoms with Crippen LogP contribution in [0, 0.1) is 0 Å². The van der Waals surface area contributed by atoms with Crippen molar-refractivity contribution >= 4 is 5.91 Å². The van der Waals surface area contributed by atoms with Gasteiger partial charge in [0.15, 0.2) is 0 Å². The lowest BCUT2D eigenvalue weighted by Gasteiger charge is -2.30. The van der Waals surface area contributed by atoms with E-state index in [2.05, 4.69) is 0 Å². The molecule has 18 heavy (non-hydrogen) atoms. The predicted octanol–water partition coefficient (Wildman–Crippen LogP) is 1.79. The minimum absolute atomic E-state index is 0.0147. The number of hydrogen-bond donors (Lipinski definition) is 2. The van der Waals surface area contributed by atoms with Crippen LogP contribution in [0.15, 0.2) is 24.3 Å². The number of phenolic OH excluding ortho intramolecular Hbond substituents is 1. The van der Waals surface area contributed by atoms with E-state index in [0.29, 0.717) is 6.54 Å². The zero-order valence-corrected chi connectivity index (χ0v) is 10.9. The summed E-state index contributed by atoms with van der Waals surface area (Å²) in [7, 11) is 0. The molecule has 1 saturated carbocycles. The summed E-state index contributed by atoms with van der Waals surface area (Å²) in [6, 6.07) is 6.94. The first-order valence-electron chi connectivity index (χ1n) is 6.37. The Hall–Kier alpha value is -1.55. The number of rotatable bonds is 4. The largest absolute Gasteiger partial charge is 0.508 e. The van der Waals surface area contributed by atoms with E-state index in [1.807, 2.05) is 19.9 Å². The molecule has 0 aliphatic heterocycles. The van der Waals surface area contributed by atoms with E-state index >= 15 is 0 Å². The van der Waals surface area contributed by atoms with Crippen LogP contribution in [-0.2, 0) is 4.79 Å². The first-order chi connectivity index (χ1) is 8.48. The number of carbonyl (C=O) groups is 1. The maximum atomic E-state index is 12.3. The molecular weight excluding hydrogens is 228 g/mol. The Morgan fingerprint density at radius 3 is 2.72 bits per heavy atom. The molecule has 0 saturated heterocycles. The number of nitrogens with two attached hydrogens (primary N) is 1. The standard InChI is InChI=1S/C14H20N2O2/c1-3-16(13(18)14(15)7-8-14)10(2)11-5-4-6-12(17)9-11/h4-6,9-10,17H,3,7-8,15H2,1-2H3. The fourth-order valence-electron chi connectivity index (χ4n) is 2.19. The van der Waals surface area contributed by atoms with Gasteiger partial charge in [0, 0.05) is 6.54 Å². The maximum absolute atomic E-state index is 12.3. The number of aromatic hydroxyl groups is 1. The molecule has 0 aromatic heterocycles. The Bertz CT molecular complexity index is 455. The van der Waals surface area contributed by atoms with Crippen LogP contribution in [0.1, 0.15) is 38.3 Å². The normalized spacial score (nSPS) is 18.2. The molecule has 2 rings (SSSR count). The summed E-state index contributed by atoms with van der Waals surface area (Å²) in [6.45, 7) is 4.53. The van der Waals surface area contributed by atoms with Crippen LogP contribution in [-0.4, -0.2) is 28.0 Å². The van der Waals surface area contributed by atoms with Crippen LogP contribution in [0.5, 0.6) is 5.75 Å². The summed E-state index contributed by atoms with van der Waals surface area (Å²) in [5.41, 5.74) is 6.26. The summed E-state index contributed by atoms with van der Waals surface area (Å²) in [5.74, 6) is 0.234. The fourth-order valence-corrected chi connectivity index (χ4v) is 2.19. The van der Waals surface area contributed by atoms with Gasteiger partial charge in [-0.25, -0.2) is 0 Å². The van der Waals surface area contributed by atoms with Gasteiger partial charge in [0.2, 0.25) is 5.91 Å². The molecule has 0 radical (unpaired) electrons. The third kappa shape index (κ3) is 2.34. The van der Waals surface area contributed by atoms with E-state index < -0.39 is 5.54 Å². The van der Waals surface area contributed by atoms with E-state index in [1.165, 1.54) is 0 Å². The minimum atomic E-state index is -0.638. The summed E-state index contributed by atoms with van der Waals surface area (Å²) >= 11 is 0. The van der Waals surface area contributed by atoms with Crippen LogP contribution in [0.2, 0.25) is 0 Å². The van der Waals surface area contributed by atoms with Crippen molar-refractivity contribution in [2.24, 2.45) is 5.73 Å². The molecule has 1 aromatic carbocycles. The lowest BCUT2D eigenvalue weighted by atomic mass is 10.1. The topological polar surface area (TPSA) is 66.6 Å². The van der Waals surface area contributed by atoms with Gasteiger partial charge in [-0.15, -0.1) is 0 Å². The first kappa shape index (κ1) is 12.9. The molecule has 3 N–H and O–H groups in total.